The number of aromatic nitrogens is 2. The van der Waals surface area contributed by atoms with Gasteiger partial charge in [0.05, 0.1) is 5.69 Å². The quantitative estimate of drug-likeness (QED) is 0.640. The minimum absolute atomic E-state index is 0.100. The lowest BCUT2D eigenvalue weighted by Gasteiger charge is -1.97. The molecule has 0 bridgehead atoms. The summed E-state index contributed by atoms with van der Waals surface area (Å²) >= 11 is 0. The first-order chi connectivity index (χ1) is 10.7. The first kappa shape index (κ1) is 13.8. The minimum atomic E-state index is -0.100. The highest BCUT2D eigenvalue weighted by molar-refractivity contribution is 5.76. The van der Waals surface area contributed by atoms with Crippen molar-refractivity contribution in [1.82, 2.24) is 9.78 Å². The van der Waals surface area contributed by atoms with Crippen LogP contribution in [-0.2, 0) is 0 Å². The molecule has 22 heavy (non-hydrogen) atoms. The zero-order valence-corrected chi connectivity index (χ0v) is 12.2. The number of hydrogen-bond donors (Lipinski definition) is 0. The molecule has 0 aliphatic heterocycles. The normalized spacial score (nSPS) is 9.86. The van der Waals surface area contributed by atoms with Crippen molar-refractivity contribution in [3.63, 3.8) is 0 Å². The van der Waals surface area contributed by atoms with E-state index in [4.69, 9.17) is 0 Å². The number of hydrogen-bond acceptors (Lipinski definition) is 2. The van der Waals surface area contributed by atoms with Crippen LogP contribution in [0.15, 0.2) is 66.9 Å². The molecule has 0 saturated heterocycles. The maximum absolute atomic E-state index is 11.2. The van der Waals surface area contributed by atoms with Crippen molar-refractivity contribution in [2.75, 3.05) is 0 Å². The first-order valence-corrected chi connectivity index (χ1v) is 6.96. The third-order valence-electron chi connectivity index (χ3n) is 3.22. The van der Waals surface area contributed by atoms with Crippen LogP contribution in [0.5, 0.6) is 0 Å². The molecule has 3 aromatic rings. The second-order valence-electron chi connectivity index (χ2n) is 4.86. The van der Waals surface area contributed by atoms with E-state index in [2.05, 4.69) is 16.9 Å². The summed E-state index contributed by atoms with van der Waals surface area (Å²) < 4.78 is 1.33. The van der Waals surface area contributed by atoms with Crippen molar-refractivity contribution in [1.29, 1.82) is 0 Å². The van der Waals surface area contributed by atoms with Crippen LogP contribution in [0.1, 0.15) is 22.8 Å². The summed E-state index contributed by atoms with van der Waals surface area (Å²) in [5, 5.41) is 4.23. The average Bonchev–Trinajstić information content (AvgIpc) is 3.05. The Labute approximate surface area is 129 Å². The summed E-state index contributed by atoms with van der Waals surface area (Å²) in [6.45, 7) is 1.49. The number of rotatable bonds is 1. The Balaban J connectivity index is 1.81. The maximum Gasteiger partial charge on any atom is 0.243 e. The lowest BCUT2D eigenvalue weighted by Crippen LogP contribution is -2.05. The van der Waals surface area contributed by atoms with Gasteiger partial charge in [-0.25, -0.2) is 4.68 Å². The second-order valence-corrected chi connectivity index (χ2v) is 4.86. The van der Waals surface area contributed by atoms with Crippen LogP contribution in [0.4, 0.5) is 0 Å². The van der Waals surface area contributed by atoms with Crippen LogP contribution < -0.4 is 0 Å². The molecular weight excluding hydrogens is 272 g/mol. The number of carbonyl (C=O) groups excluding carboxylic acids is 1. The van der Waals surface area contributed by atoms with E-state index in [1.165, 1.54) is 11.6 Å². The van der Waals surface area contributed by atoms with Crippen LogP contribution in [0.3, 0.4) is 0 Å². The number of benzene rings is 2. The van der Waals surface area contributed by atoms with Gasteiger partial charge in [0, 0.05) is 29.8 Å². The monoisotopic (exact) mass is 286 g/mol. The molecule has 0 radical (unpaired) electrons. The molecule has 0 aliphatic rings. The molecule has 3 nitrogen and oxygen atoms in total. The van der Waals surface area contributed by atoms with Gasteiger partial charge in [0.25, 0.3) is 0 Å². The Kier molecular flexibility index (Phi) is 3.84. The van der Waals surface area contributed by atoms with E-state index in [-0.39, 0.29) is 5.91 Å². The molecule has 0 aliphatic carbocycles. The molecule has 3 rings (SSSR count). The van der Waals surface area contributed by atoms with E-state index >= 15 is 0 Å². The molecule has 106 valence electrons. The summed E-state index contributed by atoms with van der Waals surface area (Å²) in [5.74, 6) is 6.16. The van der Waals surface area contributed by atoms with Crippen LogP contribution in [0.2, 0.25) is 0 Å². The first-order valence-electron chi connectivity index (χ1n) is 6.96. The third kappa shape index (κ3) is 3.13. The fourth-order valence-corrected chi connectivity index (χ4v) is 2.04. The molecular formula is C19H14N2O. The molecule has 0 spiro atoms. The van der Waals surface area contributed by atoms with Gasteiger partial charge in [-0.2, -0.15) is 5.10 Å². The smallest absolute Gasteiger partial charge is 0.243 e. The highest BCUT2D eigenvalue weighted by Crippen LogP contribution is 2.17. The Morgan fingerprint density at radius 2 is 1.55 bits per heavy atom. The zero-order chi connectivity index (χ0) is 15.4. The van der Waals surface area contributed by atoms with Gasteiger partial charge in [-0.05, 0) is 30.3 Å². The van der Waals surface area contributed by atoms with Crippen molar-refractivity contribution in [2.45, 2.75) is 6.92 Å². The summed E-state index contributed by atoms with van der Waals surface area (Å²) in [7, 11) is 0. The van der Waals surface area contributed by atoms with Gasteiger partial charge >= 0.3 is 0 Å². The van der Waals surface area contributed by atoms with Gasteiger partial charge < -0.3 is 0 Å². The number of nitrogens with zero attached hydrogens (tertiary/aromatic N) is 2. The fourth-order valence-electron chi connectivity index (χ4n) is 2.04. The van der Waals surface area contributed by atoms with Crippen molar-refractivity contribution < 1.29 is 4.79 Å². The Morgan fingerprint density at radius 1 is 0.909 bits per heavy atom. The van der Waals surface area contributed by atoms with E-state index in [1.54, 1.807) is 6.20 Å². The lowest BCUT2D eigenvalue weighted by atomic mass is 10.1. The molecule has 0 atom stereocenters. The predicted molar refractivity (Wildman–Crippen MR) is 86.4 cm³/mol. The highest BCUT2D eigenvalue weighted by atomic mass is 16.2. The molecule has 0 unspecified atom stereocenters. The molecule has 0 fully saturated rings. The minimum Gasteiger partial charge on any atom is -0.273 e. The van der Waals surface area contributed by atoms with Gasteiger partial charge in [-0.15, -0.1) is 0 Å². The molecule has 1 heterocycles. The molecule has 0 N–H and O–H groups in total. The van der Waals surface area contributed by atoms with Crippen molar-refractivity contribution >= 4 is 5.91 Å². The van der Waals surface area contributed by atoms with E-state index in [9.17, 15) is 4.79 Å². The van der Waals surface area contributed by atoms with Crippen LogP contribution in [-0.4, -0.2) is 15.7 Å². The standard InChI is InChI=1S/C19H14N2O/c1-15(22)21-14-13-19(20-21)18-11-9-17(10-12-18)8-7-16-5-3-2-4-6-16/h2-6,9-14H,1H3. The summed E-state index contributed by atoms with van der Waals surface area (Å²) in [6, 6.07) is 19.5. The van der Waals surface area contributed by atoms with E-state index in [0.717, 1.165) is 22.4 Å². The predicted octanol–water partition coefficient (Wildman–Crippen LogP) is 3.61. The SMILES string of the molecule is CC(=O)n1ccc(-c2ccc(C#Cc3ccccc3)cc2)n1. The molecule has 2 aromatic carbocycles. The number of carbonyl (C=O) groups is 1. The molecule has 0 saturated carbocycles. The largest absolute Gasteiger partial charge is 0.273 e. The van der Waals surface area contributed by atoms with Gasteiger partial charge in [-0.3, -0.25) is 4.79 Å². The summed E-state index contributed by atoms with van der Waals surface area (Å²) in [4.78, 5) is 11.2. The zero-order valence-electron chi connectivity index (χ0n) is 12.2. The van der Waals surface area contributed by atoms with Crippen molar-refractivity contribution in [3.8, 4) is 23.1 Å². The van der Waals surface area contributed by atoms with E-state index < -0.39 is 0 Å². The third-order valence-corrected chi connectivity index (χ3v) is 3.22. The van der Waals surface area contributed by atoms with Gasteiger partial charge in [-0.1, -0.05) is 42.2 Å². The van der Waals surface area contributed by atoms with Crippen LogP contribution >= 0.6 is 0 Å². The van der Waals surface area contributed by atoms with Gasteiger partial charge in [0.1, 0.15) is 0 Å². The maximum atomic E-state index is 11.2. The van der Waals surface area contributed by atoms with Gasteiger partial charge in [0.2, 0.25) is 5.91 Å². The van der Waals surface area contributed by atoms with E-state index in [0.29, 0.717) is 0 Å². The topological polar surface area (TPSA) is 34.9 Å². The van der Waals surface area contributed by atoms with Crippen LogP contribution in [0, 0.1) is 11.8 Å². The van der Waals surface area contributed by atoms with Crippen molar-refractivity contribution in [3.05, 3.63) is 78.0 Å². The second kappa shape index (κ2) is 6.11. The molecule has 0 amide bonds. The lowest BCUT2D eigenvalue weighted by molar-refractivity contribution is 0.0921. The highest BCUT2D eigenvalue weighted by Gasteiger charge is 2.04. The Bertz CT molecular complexity index is 850. The Morgan fingerprint density at radius 3 is 2.14 bits per heavy atom. The van der Waals surface area contributed by atoms with Crippen molar-refractivity contribution in [2.24, 2.45) is 0 Å². The summed E-state index contributed by atoms with van der Waals surface area (Å²) in [5.41, 5.74) is 3.67. The van der Waals surface area contributed by atoms with Crippen LogP contribution in [0.25, 0.3) is 11.3 Å². The molecule has 1 aromatic heterocycles. The molecule has 3 heteroatoms. The van der Waals surface area contributed by atoms with Gasteiger partial charge in [0.15, 0.2) is 0 Å². The Hall–Kier alpha value is -3.12. The fraction of sp³-hybridized carbons (Fsp3) is 0.0526. The van der Waals surface area contributed by atoms with E-state index in [1.807, 2.05) is 60.7 Å². The average molecular weight is 286 g/mol. The summed E-state index contributed by atoms with van der Waals surface area (Å²) in [6.07, 6.45) is 1.67.